The van der Waals surface area contributed by atoms with Crippen LogP contribution in [-0.2, 0) is 16.1 Å². The van der Waals surface area contributed by atoms with Gasteiger partial charge in [0.05, 0.1) is 4.88 Å². The number of nitrogens with one attached hydrogen (secondary N) is 2. The van der Waals surface area contributed by atoms with E-state index in [4.69, 9.17) is 12.2 Å². The van der Waals surface area contributed by atoms with E-state index >= 15 is 0 Å². The van der Waals surface area contributed by atoms with E-state index in [1.165, 1.54) is 11.3 Å². The first-order valence-corrected chi connectivity index (χ1v) is 9.80. The molecule has 1 fully saturated rings. The van der Waals surface area contributed by atoms with Crippen molar-refractivity contribution in [2.75, 3.05) is 16.8 Å². The van der Waals surface area contributed by atoms with Crippen molar-refractivity contribution < 1.29 is 9.59 Å². The predicted molar refractivity (Wildman–Crippen MR) is 107 cm³/mol. The summed E-state index contributed by atoms with van der Waals surface area (Å²) in [5.74, 6) is 0.588. The Morgan fingerprint density at radius 2 is 2.11 bits per heavy atom. The van der Waals surface area contributed by atoms with Gasteiger partial charge in [-0.2, -0.15) is 5.10 Å². The van der Waals surface area contributed by atoms with E-state index < -0.39 is 0 Å². The molecule has 7 nitrogen and oxygen atoms in total. The quantitative estimate of drug-likeness (QED) is 0.644. The van der Waals surface area contributed by atoms with E-state index in [-0.39, 0.29) is 18.4 Å². The molecule has 1 aliphatic rings. The van der Waals surface area contributed by atoms with Gasteiger partial charge in [0.1, 0.15) is 6.54 Å². The van der Waals surface area contributed by atoms with Gasteiger partial charge < -0.3 is 10.2 Å². The highest BCUT2D eigenvalue weighted by Crippen LogP contribution is 2.24. The molecule has 2 N–H and O–H groups in total. The summed E-state index contributed by atoms with van der Waals surface area (Å²) >= 11 is 6.79. The molecule has 0 bridgehead atoms. The first-order chi connectivity index (χ1) is 13.1. The van der Waals surface area contributed by atoms with Crippen LogP contribution in [-0.4, -0.2) is 33.1 Å². The average molecular weight is 400 g/mol. The van der Waals surface area contributed by atoms with Gasteiger partial charge in [0.2, 0.25) is 11.8 Å². The fraction of sp³-hybridized carbons (Fsp3) is 0.222. The Labute approximate surface area is 164 Å². The van der Waals surface area contributed by atoms with Crippen molar-refractivity contribution in [3.05, 3.63) is 46.5 Å². The summed E-state index contributed by atoms with van der Waals surface area (Å²) in [6.45, 7) is 0.809. The summed E-state index contributed by atoms with van der Waals surface area (Å²) in [5.41, 5.74) is 1.52. The molecule has 4 rings (SSSR count). The number of aromatic nitrogens is 3. The molecule has 2 amide bonds. The van der Waals surface area contributed by atoms with Gasteiger partial charge >= 0.3 is 0 Å². The van der Waals surface area contributed by atoms with Gasteiger partial charge in [-0.05, 0) is 54.4 Å². The lowest BCUT2D eigenvalue weighted by Gasteiger charge is -2.16. The van der Waals surface area contributed by atoms with Crippen LogP contribution in [0.1, 0.15) is 12.8 Å². The van der Waals surface area contributed by atoms with E-state index in [1.807, 2.05) is 29.6 Å². The number of nitrogens with zero attached hydrogens (tertiary/aromatic N) is 3. The molecule has 2 aromatic heterocycles. The van der Waals surface area contributed by atoms with Crippen LogP contribution in [0.5, 0.6) is 0 Å². The van der Waals surface area contributed by atoms with Crippen LogP contribution in [0.15, 0.2) is 41.8 Å². The second kappa shape index (κ2) is 7.45. The normalized spacial score (nSPS) is 13.9. The van der Waals surface area contributed by atoms with Gasteiger partial charge in [0.15, 0.2) is 10.6 Å². The molecule has 9 heteroatoms. The minimum absolute atomic E-state index is 0.0644. The van der Waals surface area contributed by atoms with Gasteiger partial charge in [-0.25, -0.2) is 0 Å². The van der Waals surface area contributed by atoms with Gasteiger partial charge in [-0.3, -0.25) is 19.3 Å². The van der Waals surface area contributed by atoms with E-state index in [0.717, 1.165) is 23.5 Å². The first kappa shape index (κ1) is 17.6. The van der Waals surface area contributed by atoms with Crippen LogP contribution in [0.3, 0.4) is 0 Å². The van der Waals surface area contributed by atoms with Crippen molar-refractivity contribution in [3.8, 4) is 10.7 Å². The summed E-state index contributed by atoms with van der Waals surface area (Å²) in [4.78, 5) is 27.0. The number of rotatable bonds is 5. The number of anilines is 2. The third kappa shape index (κ3) is 3.69. The van der Waals surface area contributed by atoms with Gasteiger partial charge in [0.25, 0.3) is 0 Å². The van der Waals surface area contributed by atoms with Crippen molar-refractivity contribution >= 4 is 46.7 Å². The molecular formula is C18H17N5O2S2. The van der Waals surface area contributed by atoms with E-state index in [0.29, 0.717) is 22.7 Å². The van der Waals surface area contributed by atoms with Gasteiger partial charge in [0, 0.05) is 24.3 Å². The Hall–Kier alpha value is -2.78. The maximum Gasteiger partial charge on any atom is 0.244 e. The van der Waals surface area contributed by atoms with Crippen molar-refractivity contribution in [3.63, 3.8) is 0 Å². The number of carbonyl (C=O) groups excluding carboxylic acids is 2. The highest BCUT2D eigenvalue weighted by atomic mass is 32.1. The minimum Gasteiger partial charge on any atom is -0.325 e. The molecule has 0 unspecified atom stereocenters. The Morgan fingerprint density at radius 3 is 2.78 bits per heavy atom. The summed E-state index contributed by atoms with van der Waals surface area (Å²) < 4.78 is 2.07. The van der Waals surface area contributed by atoms with Crippen LogP contribution in [0.2, 0.25) is 0 Å². The minimum atomic E-state index is -0.199. The number of carbonyl (C=O) groups is 2. The predicted octanol–water partition coefficient (Wildman–Crippen LogP) is 3.43. The number of thiophene rings is 1. The lowest BCUT2D eigenvalue weighted by atomic mass is 10.2. The maximum absolute atomic E-state index is 12.5. The van der Waals surface area contributed by atoms with Crippen LogP contribution >= 0.6 is 23.6 Å². The topological polar surface area (TPSA) is 83.0 Å². The summed E-state index contributed by atoms with van der Waals surface area (Å²) in [7, 11) is 0. The zero-order valence-electron chi connectivity index (χ0n) is 14.3. The standard InChI is InChI=1S/C18H17N5O2S2/c24-15(11-23-17(20-21-18(23)26)14-3-2-10-27-14)19-12-5-7-13(8-6-12)22-9-1-4-16(22)25/h2-3,5-8,10H,1,4,9,11H2,(H,19,24)(H,21,26). The van der Waals surface area contributed by atoms with Crippen LogP contribution < -0.4 is 10.2 Å². The molecule has 1 aliphatic heterocycles. The Balaban J connectivity index is 1.45. The fourth-order valence-corrected chi connectivity index (χ4v) is 3.97. The molecule has 0 saturated carbocycles. The smallest absolute Gasteiger partial charge is 0.244 e. The molecular weight excluding hydrogens is 382 g/mol. The van der Waals surface area contributed by atoms with Crippen molar-refractivity contribution in [1.29, 1.82) is 0 Å². The molecule has 138 valence electrons. The molecule has 0 atom stereocenters. The summed E-state index contributed by atoms with van der Waals surface area (Å²) in [6.07, 6.45) is 1.48. The van der Waals surface area contributed by atoms with Crippen molar-refractivity contribution in [2.45, 2.75) is 19.4 Å². The Bertz CT molecular complexity index is 1020. The molecule has 1 saturated heterocycles. The number of H-pyrrole nitrogens is 1. The summed E-state index contributed by atoms with van der Waals surface area (Å²) in [5, 5.41) is 11.8. The van der Waals surface area contributed by atoms with E-state index in [1.54, 1.807) is 21.6 Å². The average Bonchev–Trinajstić information content (AvgIpc) is 3.39. The number of hydrogen-bond acceptors (Lipinski definition) is 5. The molecule has 0 aliphatic carbocycles. The third-order valence-corrected chi connectivity index (χ3v) is 5.52. The maximum atomic E-state index is 12.5. The second-order valence-electron chi connectivity index (χ2n) is 6.16. The molecule has 0 radical (unpaired) electrons. The lowest BCUT2D eigenvalue weighted by Crippen LogP contribution is -2.23. The zero-order chi connectivity index (χ0) is 18.8. The third-order valence-electron chi connectivity index (χ3n) is 4.34. The highest BCUT2D eigenvalue weighted by Gasteiger charge is 2.21. The largest absolute Gasteiger partial charge is 0.325 e. The molecule has 27 heavy (non-hydrogen) atoms. The molecule has 1 aromatic carbocycles. The number of amides is 2. The fourth-order valence-electron chi connectivity index (χ4n) is 3.05. The molecule has 3 heterocycles. The van der Waals surface area contributed by atoms with Crippen molar-refractivity contribution in [1.82, 2.24) is 14.8 Å². The number of aromatic amines is 1. The van der Waals surface area contributed by atoms with Crippen LogP contribution in [0, 0.1) is 4.77 Å². The number of benzene rings is 1. The second-order valence-corrected chi connectivity index (χ2v) is 7.49. The van der Waals surface area contributed by atoms with Crippen LogP contribution in [0.4, 0.5) is 11.4 Å². The van der Waals surface area contributed by atoms with Gasteiger partial charge in [-0.15, -0.1) is 11.3 Å². The lowest BCUT2D eigenvalue weighted by molar-refractivity contribution is -0.117. The van der Waals surface area contributed by atoms with Crippen LogP contribution in [0.25, 0.3) is 10.7 Å². The SMILES string of the molecule is O=C(Cn1c(-c2cccs2)n[nH]c1=S)Nc1ccc(N2CCCC2=O)cc1. The summed E-state index contributed by atoms with van der Waals surface area (Å²) in [6, 6.07) is 11.2. The monoisotopic (exact) mass is 399 g/mol. The Morgan fingerprint density at radius 1 is 1.30 bits per heavy atom. The van der Waals surface area contributed by atoms with Crippen molar-refractivity contribution in [2.24, 2.45) is 0 Å². The zero-order valence-corrected chi connectivity index (χ0v) is 16.0. The molecule has 0 spiro atoms. The Kier molecular flexibility index (Phi) is 4.87. The molecule has 3 aromatic rings. The van der Waals surface area contributed by atoms with Gasteiger partial charge in [-0.1, -0.05) is 6.07 Å². The van der Waals surface area contributed by atoms with E-state index in [9.17, 15) is 9.59 Å². The first-order valence-electron chi connectivity index (χ1n) is 8.51. The van der Waals surface area contributed by atoms with E-state index in [2.05, 4.69) is 15.5 Å². The highest BCUT2D eigenvalue weighted by molar-refractivity contribution is 7.71. The number of hydrogen-bond donors (Lipinski definition) is 2.